The fraction of sp³-hybridized carbons (Fsp3) is 0. The summed E-state index contributed by atoms with van der Waals surface area (Å²) in [7, 11) is 0. The van der Waals surface area contributed by atoms with Gasteiger partial charge in [0.05, 0.1) is 11.0 Å². The monoisotopic (exact) mass is 630 g/mol. The smallest absolute Gasteiger partial charge is 0.164 e. The van der Waals surface area contributed by atoms with E-state index in [2.05, 4.69) is 132 Å². The van der Waals surface area contributed by atoms with Crippen LogP contribution in [-0.4, -0.2) is 19.5 Å². The summed E-state index contributed by atoms with van der Waals surface area (Å²) in [5.41, 5.74) is 6.33. The van der Waals surface area contributed by atoms with Crippen LogP contribution in [0.2, 0.25) is 0 Å². The van der Waals surface area contributed by atoms with Crippen LogP contribution in [0.3, 0.4) is 0 Å². The summed E-state index contributed by atoms with van der Waals surface area (Å²) < 4.78 is 4.86. The van der Waals surface area contributed by atoms with Gasteiger partial charge in [-0.1, -0.05) is 109 Å². The Morgan fingerprint density at radius 3 is 1.81 bits per heavy atom. The number of thiophene rings is 1. The third-order valence-electron chi connectivity index (χ3n) is 9.25. The van der Waals surface area contributed by atoms with Gasteiger partial charge in [-0.05, 0) is 59.3 Å². The Hall–Kier alpha value is -6.17. The van der Waals surface area contributed by atoms with Gasteiger partial charge < -0.3 is 4.57 Å². The Labute approximate surface area is 280 Å². The molecule has 0 unspecified atom stereocenters. The molecule has 4 nitrogen and oxygen atoms in total. The van der Waals surface area contributed by atoms with Crippen molar-refractivity contribution in [2.24, 2.45) is 0 Å². The molecule has 3 aromatic heterocycles. The Morgan fingerprint density at radius 2 is 1.00 bits per heavy atom. The second-order valence-electron chi connectivity index (χ2n) is 12.1. The molecule has 3 heterocycles. The third kappa shape index (κ3) is 4.25. The van der Waals surface area contributed by atoms with E-state index in [9.17, 15) is 0 Å². The second-order valence-corrected chi connectivity index (χ2v) is 13.1. The van der Waals surface area contributed by atoms with Crippen LogP contribution in [0.4, 0.5) is 0 Å². The van der Waals surface area contributed by atoms with Crippen LogP contribution in [0, 0.1) is 0 Å². The van der Waals surface area contributed by atoms with Crippen LogP contribution in [-0.2, 0) is 0 Å². The molecule has 0 spiro atoms. The molecule has 224 valence electrons. The van der Waals surface area contributed by atoms with E-state index in [1.54, 1.807) is 11.3 Å². The van der Waals surface area contributed by atoms with Gasteiger partial charge in [-0.3, -0.25) is 0 Å². The number of hydrogen-bond donors (Lipinski definition) is 0. The topological polar surface area (TPSA) is 43.6 Å². The SMILES string of the molecule is c1ccc(-c2nc(-c3ccc(-n4c5ccccc5c5c6ccccc6ccc54)cc3)nc(-c3ccc4c(c3)sc3ccccc34)n2)cc1. The summed E-state index contributed by atoms with van der Waals surface area (Å²) in [6.07, 6.45) is 0. The van der Waals surface area contributed by atoms with Crippen LogP contribution < -0.4 is 0 Å². The van der Waals surface area contributed by atoms with Gasteiger partial charge in [0.2, 0.25) is 0 Å². The number of nitrogens with zero attached hydrogens (tertiary/aromatic N) is 4. The quantitative estimate of drug-likeness (QED) is 0.194. The minimum atomic E-state index is 0.648. The molecule has 0 aliphatic heterocycles. The molecule has 0 atom stereocenters. The number of aromatic nitrogens is 4. The van der Waals surface area contributed by atoms with Crippen LogP contribution >= 0.6 is 11.3 Å². The number of rotatable bonds is 4. The maximum Gasteiger partial charge on any atom is 0.164 e. The van der Waals surface area contributed by atoms with E-state index in [0.717, 1.165) is 22.4 Å². The first-order valence-corrected chi connectivity index (χ1v) is 16.9. The molecule has 0 saturated heterocycles. The van der Waals surface area contributed by atoms with Gasteiger partial charge in [0.15, 0.2) is 17.5 Å². The first-order chi connectivity index (χ1) is 23.8. The number of hydrogen-bond acceptors (Lipinski definition) is 4. The minimum Gasteiger partial charge on any atom is -0.309 e. The van der Waals surface area contributed by atoms with E-state index < -0.39 is 0 Å². The molecule has 7 aromatic carbocycles. The zero-order valence-electron chi connectivity index (χ0n) is 25.7. The van der Waals surface area contributed by atoms with Gasteiger partial charge in [0.1, 0.15) is 0 Å². The fourth-order valence-corrected chi connectivity index (χ4v) is 8.14. The molecule has 0 radical (unpaired) electrons. The highest BCUT2D eigenvalue weighted by Crippen LogP contribution is 2.38. The molecular formula is C43H26N4S. The van der Waals surface area contributed by atoms with E-state index >= 15 is 0 Å². The lowest BCUT2D eigenvalue weighted by Crippen LogP contribution is -2.00. The van der Waals surface area contributed by atoms with Crippen molar-refractivity contribution < 1.29 is 0 Å². The van der Waals surface area contributed by atoms with Gasteiger partial charge >= 0.3 is 0 Å². The average molecular weight is 631 g/mol. The average Bonchev–Trinajstić information content (AvgIpc) is 3.71. The van der Waals surface area contributed by atoms with Gasteiger partial charge in [0, 0.05) is 53.3 Å². The van der Waals surface area contributed by atoms with Crippen molar-refractivity contribution in [2.75, 3.05) is 0 Å². The van der Waals surface area contributed by atoms with Crippen molar-refractivity contribution in [3.8, 4) is 39.9 Å². The fourth-order valence-electron chi connectivity index (χ4n) is 6.99. The van der Waals surface area contributed by atoms with Gasteiger partial charge in [0.25, 0.3) is 0 Å². The van der Waals surface area contributed by atoms with Crippen LogP contribution in [0.25, 0.3) is 92.6 Å². The van der Waals surface area contributed by atoms with E-state index in [1.165, 1.54) is 52.8 Å². The highest BCUT2D eigenvalue weighted by atomic mass is 32.1. The number of fused-ring (bicyclic) bond motifs is 8. The molecule has 0 aliphatic rings. The lowest BCUT2D eigenvalue weighted by atomic mass is 10.0. The minimum absolute atomic E-state index is 0.648. The summed E-state index contributed by atoms with van der Waals surface area (Å²) in [4.78, 5) is 15.0. The number of benzene rings is 7. The molecule has 0 amide bonds. The maximum atomic E-state index is 5.06. The van der Waals surface area contributed by atoms with Crippen molar-refractivity contribution in [1.29, 1.82) is 0 Å². The largest absolute Gasteiger partial charge is 0.309 e. The van der Waals surface area contributed by atoms with Crippen LogP contribution in [0.5, 0.6) is 0 Å². The highest BCUT2D eigenvalue weighted by Gasteiger charge is 2.17. The summed E-state index contributed by atoms with van der Waals surface area (Å²) in [5, 5.41) is 7.57. The summed E-state index contributed by atoms with van der Waals surface area (Å²) in [6, 6.07) is 55.6. The lowest BCUT2D eigenvalue weighted by Gasteiger charge is -2.11. The van der Waals surface area contributed by atoms with Gasteiger partial charge in [-0.2, -0.15) is 0 Å². The lowest BCUT2D eigenvalue weighted by molar-refractivity contribution is 1.07. The van der Waals surface area contributed by atoms with Gasteiger partial charge in [-0.15, -0.1) is 11.3 Å². The molecular weight excluding hydrogens is 605 g/mol. The van der Waals surface area contributed by atoms with Crippen molar-refractivity contribution >= 4 is 64.1 Å². The standard InChI is InChI=1S/C43H26N4S/c1-2-11-28(12-3-1)41-44-42(46-43(45-41)30-20-24-34-33-14-7-9-17-38(33)48-39(34)26-30)29-18-22-31(23-19-29)47-36-16-8-6-15-35(36)40-32-13-5-4-10-27(32)21-25-37(40)47/h1-26H. The molecule has 0 fully saturated rings. The van der Waals surface area contributed by atoms with E-state index in [4.69, 9.17) is 15.0 Å². The molecule has 10 aromatic rings. The van der Waals surface area contributed by atoms with Crippen molar-refractivity contribution in [3.63, 3.8) is 0 Å². The molecule has 0 saturated carbocycles. The molecule has 10 rings (SSSR count). The predicted octanol–water partition coefficient (Wildman–Crippen LogP) is 11.5. The third-order valence-corrected chi connectivity index (χ3v) is 10.4. The van der Waals surface area contributed by atoms with Crippen LogP contribution in [0.1, 0.15) is 0 Å². The summed E-state index contributed by atoms with van der Waals surface area (Å²) in [5.74, 6) is 1.97. The van der Waals surface area contributed by atoms with E-state index in [0.29, 0.717) is 17.5 Å². The molecule has 48 heavy (non-hydrogen) atoms. The maximum absolute atomic E-state index is 5.06. The zero-order valence-corrected chi connectivity index (χ0v) is 26.5. The molecule has 0 bridgehead atoms. The van der Waals surface area contributed by atoms with E-state index in [1.807, 2.05) is 30.3 Å². The Kier molecular flexibility index (Phi) is 6.01. The second kappa shape index (κ2) is 10.7. The number of para-hydroxylation sites is 1. The first kappa shape index (κ1) is 27.0. The van der Waals surface area contributed by atoms with E-state index in [-0.39, 0.29) is 0 Å². The zero-order chi connectivity index (χ0) is 31.6. The Balaban J connectivity index is 1.12. The Morgan fingerprint density at radius 1 is 0.396 bits per heavy atom. The Bertz CT molecular complexity index is 2830. The predicted molar refractivity (Wildman–Crippen MR) is 201 cm³/mol. The van der Waals surface area contributed by atoms with Crippen LogP contribution in [0.15, 0.2) is 158 Å². The molecule has 5 heteroatoms. The first-order valence-electron chi connectivity index (χ1n) is 16.0. The van der Waals surface area contributed by atoms with Gasteiger partial charge in [-0.25, -0.2) is 15.0 Å². The molecule has 0 N–H and O–H groups in total. The summed E-state index contributed by atoms with van der Waals surface area (Å²) in [6.45, 7) is 0. The summed E-state index contributed by atoms with van der Waals surface area (Å²) >= 11 is 1.80. The van der Waals surface area contributed by atoms with Crippen molar-refractivity contribution in [3.05, 3.63) is 158 Å². The highest BCUT2D eigenvalue weighted by molar-refractivity contribution is 7.25. The van der Waals surface area contributed by atoms with Crippen molar-refractivity contribution in [2.45, 2.75) is 0 Å². The normalized spacial score (nSPS) is 11.8. The molecule has 0 aliphatic carbocycles. The van der Waals surface area contributed by atoms with Crippen molar-refractivity contribution in [1.82, 2.24) is 19.5 Å².